The van der Waals surface area contributed by atoms with Gasteiger partial charge in [-0.05, 0) is 65.5 Å². The number of allylic oxidation sites excluding steroid dienone is 5. The van der Waals surface area contributed by atoms with Crippen molar-refractivity contribution in [1.29, 1.82) is 0 Å². The molecule has 356 valence electrons. The monoisotopic (exact) mass is 870 g/mol. The highest BCUT2D eigenvalue weighted by atomic mass is 16.7. The number of unbranched alkanes of at least 4 members (excludes halogenated alkanes) is 18. The Labute approximate surface area is 378 Å². The first-order chi connectivity index (χ1) is 30.2. The minimum atomic E-state index is -0.519. The van der Waals surface area contributed by atoms with Crippen LogP contribution in [0.2, 0.25) is 0 Å². The van der Waals surface area contributed by atoms with Gasteiger partial charge in [-0.3, -0.25) is 14.4 Å². The van der Waals surface area contributed by atoms with Gasteiger partial charge in [0, 0.05) is 64.4 Å². The lowest BCUT2D eigenvalue weighted by atomic mass is 10.1. The van der Waals surface area contributed by atoms with Crippen molar-refractivity contribution in [3.05, 3.63) is 57.1 Å². The SMILES string of the molecule is C=C(CCC(OCCCCCCCC)OCCCCCCCC)OC1CC(Nc2c(NCCN(C)C)c(=O)c2=O)CC1OC(=O)CCCCCCC/C=C\C/C=C\CCCCC. The maximum atomic E-state index is 13.2. The van der Waals surface area contributed by atoms with Gasteiger partial charge in [0.2, 0.25) is 0 Å². The van der Waals surface area contributed by atoms with Crippen molar-refractivity contribution < 1.29 is 23.7 Å². The molecule has 2 rings (SSSR count). The van der Waals surface area contributed by atoms with Crippen LogP contribution in [0.4, 0.5) is 11.4 Å². The van der Waals surface area contributed by atoms with E-state index in [0.29, 0.717) is 69.0 Å². The number of hydrogen-bond donors (Lipinski definition) is 2. The Bertz CT molecular complexity index is 1400. The molecule has 0 aromatic heterocycles. The fourth-order valence-corrected chi connectivity index (χ4v) is 7.90. The van der Waals surface area contributed by atoms with Crippen LogP contribution >= 0.6 is 0 Å². The topological polar surface area (TPSA) is 115 Å². The summed E-state index contributed by atoms with van der Waals surface area (Å²) >= 11 is 0. The number of esters is 1. The number of carbonyl (C=O) groups excluding carboxylic acids is 1. The van der Waals surface area contributed by atoms with Gasteiger partial charge >= 0.3 is 5.97 Å². The molecule has 0 radical (unpaired) electrons. The molecule has 1 saturated carbocycles. The summed E-state index contributed by atoms with van der Waals surface area (Å²) in [5.41, 5.74) is -0.387. The van der Waals surface area contributed by atoms with Crippen LogP contribution in [0.15, 0.2) is 46.2 Å². The van der Waals surface area contributed by atoms with Gasteiger partial charge < -0.3 is 34.5 Å². The van der Waals surface area contributed by atoms with Gasteiger partial charge in [0.05, 0.1) is 5.76 Å². The zero-order chi connectivity index (χ0) is 45.0. The molecule has 1 aromatic rings. The van der Waals surface area contributed by atoms with E-state index < -0.39 is 23.1 Å². The van der Waals surface area contributed by atoms with Gasteiger partial charge in [-0.1, -0.05) is 148 Å². The van der Waals surface area contributed by atoms with Crippen LogP contribution in [0.25, 0.3) is 0 Å². The van der Waals surface area contributed by atoms with E-state index in [9.17, 15) is 14.4 Å². The van der Waals surface area contributed by atoms with Crippen molar-refractivity contribution in [2.45, 2.75) is 225 Å². The van der Waals surface area contributed by atoms with Gasteiger partial charge in [-0.25, -0.2) is 0 Å². The summed E-state index contributed by atoms with van der Waals surface area (Å²) in [6, 6.07) is -0.215. The third kappa shape index (κ3) is 26.0. The van der Waals surface area contributed by atoms with Gasteiger partial charge in [-0.2, -0.15) is 0 Å². The lowest BCUT2D eigenvalue weighted by Crippen LogP contribution is -2.40. The summed E-state index contributed by atoms with van der Waals surface area (Å²) in [5.74, 6) is 0.369. The molecule has 10 nitrogen and oxygen atoms in total. The Morgan fingerprint density at radius 3 is 1.76 bits per heavy atom. The molecule has 0 spiro atoms. The Hall–Kier alpha value is -2.95. The van der Waals surface area contributed by atoms with E-state index in [1.165, 1.54) is 77.0 Å². The van der Waals surface area contributed by atoms with E-state index >= 15 is 0 Å². The van der Waals surface area contributed by atoms with Crippen molar-refractivity contribution in [1.82, 2.24) is 4.90 Å². The zero-order valence-electron chi connectivity index (χ0n) is 40.3. The Morgan fingerprint density at radius 1 is 0.661 bits per heavy atom. The fourth-order valence-electron chi connectivity index (χ4n) is 7.90. The second-order valence-electron chi connectivity index (χ2n) is 17.9. The van der Waals surface area contributed by atoms with Crippen molar-refractivity contribution in [3.8, 4) is 0 Å². The van der Waals surface area contributed by atoms with E-state index in [0.717, 1.165) is 77.2 Å². The molecule has 10 heteroatoms. The lowest BCUT2D eigenvalue weighted by Gasteiger charge is -2.24. The van der Waals surface area contributed by atoms with Gasteiger partial charge in [0.25, 0.3) is 10.9 Å². The first-order valence-electron chi connectivity index (χ1n) is 25.2. The average molecular weight is 870 g/mol. The number of hydrogen-bond acceptors (Lipinski definition) is 10. The fraction of sp³-hybridized carbons (Fsp3) is 0.788. The number of nitrogens with zero attached hydrogens (tertiary/aromatic N) is 1. The number of nitrogens with one attached hydrogen (secondary N) is 2. The smallest absolute Gasteiger partial charge is 0.306 e. The molecule has 0 heterocycles. The van der Waals surface area contributed by atoms with Crippen molar-refractivity contribution in [2.24, 2.45) is 0 Å². The third-order valence-corrected chi connectivity index (χ3v) is 11.8. The van der Waals surface area contributed by atoms with Crippen LogP contribution in [0.3, 0.4) is 0 Å². The molecule has 1 fully saturated rings. The second kappa shape index (κ2) is 36.4. The molecule has 1 aliphatic carbocycles. The summed E-state index contributed by atoms with van der Waals surface area (Å²) in [5, 5.41) is 6.45. The third-order valence-electron chi connectivity index (χ3n) is 11.8. The van der Waals surface area contributed by atoms with Crippen LogP contribution in [0.5, 0.6) is 0 Å². The van der Waals surface area contributed by atoms with Gasteiger partial charge in [0.15, 0.2) is 6.29 Å². The van der Waals surface area contributed by atoms with Crippen LogP contribution in [-0.2, 0) is 23.7 Å². The molecule has 0 aliphatic heterocycles. The highest BCUT2D eigenvalue weighted by Crippen LogP contribution is 2.32. The normalized spacial score (nSPS) is 16.7. The van der Waals surface area contributed by atoms with E-state index in [-0.39, 0.29) is 18.3 Å². The minimum Gasteiger partial charge on any atom is -0.491 e. The molecule has 0 bridgehead atoms. The Balaban J connectivity index is 1.92. The van der Waals surface area contributed by atoms with Gasteiger partial charge in [0.1, 0.15) is 23.6 Å². The lowest BCUT2D eigenvalue weighted by molar-refractivity contribution is -0.155. The first-order valence-corrected chi connectivity index (χ1v) is 25.2. The summed E-state index contributed by atoms with van der Waals surface area (Å²) in [6.45, 7) is 13.6. The molecular weight excluding hydrogens is 779 g/mol. The van der Waals surface area contributed by atoms with E-state index in [1.807, 2.05) is 19.0 Å². The van der Waals surface area contributed by atoms with Crippen molar-refractivity contribution in [3.63, 3.8) is 0 Å². The number of carbonyl (C=O) groups is 1. The molecule has 1 aliphatic rings. The van der Waals surface area contributed by atoms with Crippen LogP contribution in [0, 0.1) is 0 Å². The largest absolute Gasteiger partial charge is 0.491 e. The summed E-state index contributed by atoms with van der Waals surface area (Å²) in [7, 11) is 3.92. The summed E-state index contributed by atoms with van der Waals surface area (Å²) in [4.78, 5) is 40.4. The highest BCUT2D eigenvalue weighted by molar-refractivity contribution is 5.74. The predicted molar refractivity (Wildman–Crippen MR) is 260 cm³/mol. The van der Waals surface area contributed by atoms with E-state index in [4.69, 9.17) is 18.9 Å². The van der Waals surface area contributed by atoms with Crippen molar-refractivity contribution >= 4 is 17.3 Å². The summed E-state index contributed by atoms with van der Waals surface area (Å²) < 4.78 is 25.1. The molecular formula is C52H91N3O7. The van der Waals surface area contributed by atoms with Gasteiger partial charge in [-0.15, -0.1) is 0 Å². The second-order valence-corrected chi connectivity index (χ2v) is 17.9. The zero-order valence-corrected chi connectivity index (χ0v) is 40.3. The minimum absolute atomic E-state index is 0.215. The first kappa shape index (κ1) is 55.2. The molecule has 1 aromatic carbocycles. The molecule has 3 atom stereocenters. The van der Waals surface area contributed by atoms with Crippen LogP contribution < -0.4 is 21.5 Å². The number of ether oxygens (including phenoxy) is 4. The highest BCUT2D eigenvalue weighted by Gasteiger charge is 2.40. The van der Waals surface area contributed by atoms with Crippen molar-refractivity contribution in [2.75, 3.05) is 51.0 Å². The molecule has 62 heavy (non-hydrogen) atoms. The standard InChI is InChI=1S/C52H91N3O7/c1-7-10-13-16-19-20-21-22-23-24-25-26-27-28-31-34-47(56)62-46-42-44(54-50-49(51(57)52(50)58)53-37-38-55(5)6)41-45(46)61-43(4)35-36-48(59-39-32-29-17-14-11-8-2)60-40-33-30-18-15-12-9-3/h19-20,22-23,44-46,48,53-54H,4,7-18,21,24-42H2,1-3,5-6H3/b20-19-,23-22-. The van der Waals surface area contributed by atoms with Crippen LogP contribution in [0.1, 0.15) is 201 Å². The molecule has 3 unspecified atom stereocenters. The average Bonchev–Trinajstić information content (AvgIpc) is 3.63. The predicted octanol–water partition coefficient (Wildman–Crippen LogP) is 12.3. The van der Waals surface area contributed by atoms with E-state index in [1.54, 1.807) is 0 Å². The summed E-state index contributed by atoms with van der Waals surface area (Å²) in [6.07, 6.45) is 37.1. The molecule has 0 amide bonds. The maximum absolute atomic E-state index is 13.2. The number of rotatable bonds is 42. The molecule has 0 saturated heterocycles. The Morgan fingerprint density at radius 2 is 1.16 bits per heavy atom. The molecule has 2 N–H and O–H groups in total. The number of anilines is 2. The number of likely N-dealkylation sites (N-methyl/N-ethyl adjacent to an activating group) is 1. The Kier molecular flexibility index (Phi) is 32.4. The maximum Gasteiger partial charge on any atom is 0.306 e. The van der Waals surface area contributed by atoms with E-state index in [2.05, 4.69) is 62.3 Å². The quantitative estimate of drug-likeness (QED) is 0.0164. The van der Waals surface area contributed by atoms with Crippen LogP contribution in [-0.4, -0.2) is 75.8 Å².